The van der Waals surface area contributed by atoms with E-state index in [9.17, 15) is 9.59 Å². The first-order valence-corrected chi connectivity index (χ1v) is 15.1. The third-order valence-electron chi connectivity index (χ3n) is 8.37. The van der Waals surface area contributed by atoms with Gasteiger partial charge in [0.25, 0.3) is 0 Å². The van der Waals surface area contributed by atoms with E-state index in [1.165, 1.54) is 0 Å². The smallest absolute Gasteiger partial charge is 0.407 e. The van der Waals surface area contributed by atoms with Crippen LogP contribution in [0.1, 0.15) is 51.0 Å². The first kappa shape index (κ1) is 29.6. The first-order valence-electron chi connectivity index (χ1n) is 14.7. The Balaban J connectivity index is 1.14. The lowest BCUT2D eigenvalue weighted by Gasteiger charge is -2.37. The van der Waals surface area contributed by atoms with Crippen LogP contribution in [0, 0.1) is 0 Å². The fourth-order valence-corrected chi connectivity index (χ4v) is 6.02. The van der Waals surface area contributed by atoms with Crippen molar-refractivity contribution >= 4 is 35.1 Å². The number of anilines is 2. The summed E-state index contributed by atoms with van der Waals surface area (Å²) in [5, 5.41) is 7.14. The number of amides is 2. The number of rotatable bonds is 8. The molecule has 1 saturated carbocycles. The summed E-state index contributed by atoms with van der Waals surface area (Å²) in [5.41, 5.74) is 3.79. The monoisotopic (exact) mass is 590 g/mol. The van der Waals surface area contributed by atoms with E-state index in [-0.39, 0.29) is 30.7 Å². The van der Waals surface area contributed by atoms with E-state index in [0.29, 0.717) is 11.1 Å². The van der Waals surface area contributed by atoms with E-state index in [2.05, 4.69) is 38.6 Å². The Morgan fingerprint density at radius 3 is 2.43 bits per heavy atom. The highest BCUT2D eigenvalue weighted by Gasteiger charge is 2.25. The number of alkyl carbamates (subject to hydrolysis) is 1. The molecule has 0 bridgehead atoms. The summed E-state index contributed by atoms with van der Waals surface area (Å²) in [6, 6.07) is 14.5. The average molecular weight is 591 g/mol. The quantitative estimate of drug-likeness (QED) is 0.337. The van der Waals surface area contributed by atoms with Crippen LogP contribution in [0.5, 0.6) is 0 Å². The Morgan fingerprint density at radius 1 is 1.00 bits per heavy atom. The molecule has 5 rings (SSSR count). The molecule has 2 amide bonds. The molecule has 2 aliphatic rings. The number of halogens is 1. The molecular formula is C32H39ClN6O3. The van der Waals surface area contributed by atoms with Crippen LogP contribution in [-0.4, -0.2) is 65.1 Å². The van der Waals surface area contributed by atoms with Crippen molar-refractivity contribution in [2.45, 2.75) is 70.2 Å². The van der Waals surface area contributed by atoms with Crippen molar-refractivity contribution < 1.29 is 14.3 Å². The van der Waals surface area contributed by atoms with Gasteiger partial charge in [0, 0.05) is 68.7 Å². The summed E-state index contributed by atoms with van der Waals surface area (Å²) in [4.78, 5) is 37.2. The van der Waals surface area contributed by atoms with Crippen molar-refractivity contribution in [2.24, 2.45) is 0 Å². The zero-order chi connectivity index (χ0) is 29.5. The highest BCUT2D eigenvalue weighted by Crippen LogP contribution is 2.33. The molecule has 222 valence electrons. The lowest BCUT2D eigenvalue weighted by Crippen LogP contribution is -2.45. The average Bonchev–Trinajstić information content (AvgIpc) is 3.02. The predicted molar refractivity (Wildman–Crippen MR) is 166 cm³/mol. The van der Waals surface area contributed by atoms with Gasteiger partial charge in [-0.15, -0.1) is 0 Å². The van der Waals surface area contributed by atoms with E-state index in [0.717, 1.165) is 79.8 Å². The van der Waals surface area contributed by atoms with Crippen molar-refractivity contribution in [1.29, 1.82) is 0 Å². The molecule has 1 aromatic carbocycles. The van der Waals surface area contributed by atoms with Crippen molar-refractivity contribution in [3.8, 4) is 11.1 Å². The van der Waals surface area contributed by atoms with Gasteiger partial charge in [0.05, 0.1) is 16.9 Å². The second-order valence-electron chi connectivity index (χ2n) is 11.2. The number of pyridine rings is 2. The lowest BCUT2D eigenvalue weighted by atomic mass is 9.91. The van der Waals surface area contributed by atoms with E-state index < -0.39 is 0 Å². The van der Waals surface area contributed by atoms with Crippen LogP contribution in [0.15, 0.2) is 61.1 Å². The summed E-state index contributed by atoms with van der Waals surface area (Å²) in [6.07, 6.45) is 10.4. The maximum atomic E-state index is 12.3. The third-order valence-corrected chi connectivity index (χ3v) is 8.67. The number of aromatic nitrogens is 2. The minimum Gasteiger partial charge on any atom is -0.445 e. The van der Waals surface area contributed by atoms with E-state index >= 15 is 0 Å². The highest BCUT2D eigenvalue weighted by molar-refractivity contribution is 6.33. The van der Waals surface area contributed by atoms with Crippen molar-refractivity contribution in [3.63, 3.8) is 0 Å². The van der Waals surface area contributed by atoms with E-state index in [1.807, 2.05) is 53.7 Å². The number of nitrogens with zero attached hydrogens (tertiary/aromatic N) is 4. The Morgan fingerprint density at radius 2 is 1.71 bits per heavy atom. The van der Waals surface area contributed by atoms with Gasteiger partial charge in [-0.3, -0.25) is 9.78 Å². The van der Waals surface area contributed by atoms with Gasteiger partial charge in [-0.2, -0.15) is 0 Å². The molecule has 2 aromatic heterocycles. The maximum Gasteiger partial charge on any atom is 0.407 e. The molecule has 0 radical (unpaired) electrons. The number of hydrogen-bond acceptors (Lipinski definition) is 7. The van der Waals surface area contributed by atoms with Crippen LogP contribution in [0.25, 0.3) is 11.1 Å². The Bertz CT molecular complexity index is 1360. The number of carbonyl (C=O) groups is 2. The zero-order valence-electron chi connectivity index (χ0n) is 24.3. The summed E-state index contributed by atoms with van der Waals surface area (Å²) in [5.74, 6) is 0.906. The van der Waals surface area contributed by atoms with Crippen LogP contribution in [0.4, 0.5) is 16.3 Å². The summed E-state index contributed by atoms with van der Waals surface area (Å²) >= 11 is 6.61. The number of piperidine rings is 1. The molecule has 3 heterocycles. The van der Waals surface area contributed by atoms with Gasteiger partial charge in [0.15, 0.2) is 0 Å². The molecule has 9 nitrogen and oxygen atoms in total. The molecule has 10 heteroatoms. The normalized spacial score (nSPS) is 19.2. The van der Waals surface area contributed by atoms with Gasteiger partial charge in [-0.1, -0.05) is 41.9 Å². The lowest BCUT2D eigenvalue weighted by molar-refractivity contribution is -0.129. The molecule has 0 unspecified atom stereocenters. The second-order valence-corrected chi connectivity index (χ2v) is 11.6. The number of nitrogens with one attached hydrogen (secondary N) is 2. The topological polar surface area (TPSA) is 99.7 Å². The van der Waals surface area contributed by atoms with Gasteiger partial charge in [-0.05, 0) is 56.2 Å². The molecule has 1 aliphatic heterocycles. The van der Waals surface area contributed by atoms with Crippen LogP contribution < -0.4 is 15.5 Å². The minimum absolute atomic E-state index is 0.0977. The van der Waals surface area contributed by atoms with Crippen molar-refractivity contribution in [1.82, 2.24) is 20.2 Å². The summed E-state index contributed by atoms with van der Waals surface area (Å²) in [7, 11) is 2.09. The van der Waals surface area contributed by atoms with Gasteiger partial charge in [0.2, 0.25) is 5.91 Å². The standard InChI is InChI=1S/C32H39ClN6O3/c1-22(40)39-14-12-27(13-15-39)38(2)28-16-24(18-34-19-28)29-17-31(35-20-30(29)33)36-25-8-10-26(11-9-25)37-32(41)42-21-23-6-4-3-5-7-23/h3-7,16-20,25-27H,8-15,21H2,1-2H3,(H,35,36)(H,37,41)/t25-,26-. The molecule has 2 fully saturated rings. The molecular weight excluding hydrogens is 552 g/mol. The van der Waals surface area contributed by atoms with Crippen LogP contribution in [0.3, 0.4) is 0 Å². The van der Waals surface area contributed by atoms with Crippen LogP contribution in [0.2, 0.25) is 5.02 Å². The zero-order valence-corrected chi connectivity index (χ0v) is 25.0. The second kappa shape index (κ2) is 13.9. The molecule has 0 atom stereocenters. The molecule has 1 aliphatic carbocycles. The predicted octanol–water partition coefficient (Wildman–Crippen LogP) is 5.89. The molecule has 42 heavy (non-hydrogen) atoms. The van der Waals surface area contributed by atoms with Crippen LogP contribution >= 0.6 is 11.6 Å². The highest BCUT2D eigenvalue weighted by atomic mass is 35.5. The third kappa shape index (κ3) is 7.70. The van der Waals surface area contributed by atoms with Crippen molar-refractivity contribution in [3.05, 3.63) is 71.6 Å². The number of ether oxygens (including phenoxy) is 1. The van der Waals surface area contributed by atoms with Gasteiger partial charge in [0.1, 0.15) is 12.4 Å². The summed E-state index contributed by atoms with van der Waals surface area (Å²) in [6.45, 7) is 3.45. The van der Waals surface area contributed by atoms with Crippen LogP contribution in [-0.2, 0) is 16.1 Å². The maximum absolute atomic E-state index is 12.3. The molecule has 2 N–H and O–H groups in total. The fourth-order valence-electron chi connectivity index (χ4n) is 5.81. The number of carbonyl (C=O) groups excluding carboxylic acids is 2. The van der Waals surface area contributed by atoms with E-state index in [4.69, 9.17) is 16.3 Å². The Kier molecular flexibility index (Phi) is 9.79. The van der Waals surface area contributed by atoms with Gasteiger partial charge in [-0.25, -0.2) is 9.78 Å². The largest absolute Gasteiger partial charge is 0.445 e. The summed E-state index contributed by atoms with van der Waals surface area (Å²) < 4.78 is 5.38. The van der Waals surface area contributed by atoms with Crippen molar-refractivity contribution in [2.75, 3.05) is 30.4 Å². The van der Waals surface area contributed by atoms with E-state index in [1.54, 1.807) is 13.1 Å². The number of likely N-dealkylation sites (tertiary alicyclic amines) is 1. The fraction of sp³-hybridized carbons (Fsp3) is 0.438. The van der Waals surface area contributed by atoms with Gasteiger partial charge >= 0.3 is 6.09 Å². The van der Waals surface area contributed by atoms with Gasteiger partial charge < -0.3 is 25.2 Å². The Labute approximate surface area is 252 Å². The number of hydrogen-bond donors (Lipinski definition) is 2. The molecule has 1 saturated heterocycles. The number of benzene rings is 1. The minimum atomic E-state index is -0.373. The molecule has 3 aromatic rings. The Hall–Kier alpha value is -3.85. The first-order chi connectivity index (χ1) is 20.4. The SMILES string of the molecule is CC(=O)N1CCC(N(C)c2cncc(-c3cc(N[C@H]4CC[C@H](NC(=O)OCc5ccccc5)CC4)ncc3Cl)c2)CC1. The molecule has 0 spiro atoms.